The molecule has 0 amide bonds. The topological polar surface area (TPSA) is 7.60 Å². The fourth-order valence-corrected chi connectivity index (χ4v) is 2.75. The zero-order valence-corrected chi connectivity index (χ0v) is 8.98. The summed E-state index contributed by atoms with van der Waals surface area (Å²) < 4.78 is 0. The van der Waals surface area contributed by atoms with Crippen LogP contribution in [-0.4, -0.2) is 19.1 Å². The molecule has 0 aromatic heterocycles. The zero-order chi connectivity index (χ0) is 10.4. The van der Waals surface area contributed by atoms with Gasteiger partial charge in [-0.1, -0.05) is 17.7 Å². The number of hydrogen-bond donors (Lipinski definition) is 0. The Morgan fingerprint density at radius 2 is 2.07 bits per heavy atom. The van der Waals surface area contributed by atoms with Crippen molar-refractivity contribution in [3.63, 3.8) is 0 Å². The summed E-state index contributed by atoms with van der Waals surface area (Å²) in [5.74, 6) is 1.22. The summed E-state index contributed by atoms with van der Waals surface area (Å²) >= 11 is 5.95. The largest absolute Gasteiger partial charge is 0.370 e. The van der Waals surface area contributed by atoms with Gasteiger partial charge in [-0.3, -0.25) is 0 Å². The van der Waals surface area contributed by atoms with E-state index in [1.54, 1.807) is 0 Å². The molecule has 0 spiro atoms. The van der Waals surface area contributed by atoms with Crippen molar-refractivity contribution in [2.24, 2.45) is 11.8 Å². The van der Waals surface area contributed by atoms with Crippen LogP contribution in [0.5, 0.6) is 0 Å². The first-order valence-corrected chi connectivity index (χ1v) is 5.54. The van der Waals surface area contributed by atoms with E-state index in [1.807, 2.05) is 18.2 Å². The molecule has 1 aromatic rings. The van der Waals surface area contributed by atoms with Gasteiger partial charge in [0.05, 0.1) is 11.8 Å². The second-order valence-electron chi connectivity index (χ2n) is 4.33. The summed E-state index contributed by atoms with van der Waals surface area (Å²) in [6, 6.07) is 8.26. The minimum atomic E-state index is 0.306. The van der Waals surface area contributed by atoms with Crippen LogP contribution in [-0.2, 0) is 0 Å². The van der Waals surface area contributed by atoms with Crippen LogP contribution in [0.2, 0.25) is 5.02 Å². The zero-order valence-electron chi connectivity index (χ0n) is 8.23. The molecule has 15 heavy (non-hydrogen) atoms. The normalized spacial score (nSPS) is 32.3. The summed E-state index contributed by atoms with van der Waals surface area (Å²) in [7, 11) is 0. The number of benzene rings is 1. The van der Waals surface area contributed by atoms with Crippen molar-refractivity contribution >= 4 is 17.3 Å². The quantitative estimate of drug-likeness (QED) is 0.658. The molecule has 1 aliphatic carbocycles. The van der Waals surface area contributed by atoms with Crippen molar-refractivity contribution in [1.82, 2.24) is 0 Å². The van der Waals surface area contributed by atoms with Crippen molar-refractivity contribution < 1.29 is 0 Å². The molecule has 0 N–H and O–H groups in total. The lowest BCUT2D eigenvalue weighted by molar-refractivity contribution is 0.793. The van der Waals surface area contributed by atoms with Crippen LogP contribution in [0.25, 0.3) is 4.85 Å². The fourth-order valence-electron chi connectivity index (χ4n) is 2.57. The maximum absolute atomic E-state index is 7.01. The number of piperidine rings is 1. The van der Waals surface area contributed by atoms with Gasteiger partial charge in [0.2, 0.25) is 6.04 Å². The lowest BCUT2D eigenvalue weighted by Crippen LogP contribution is -2.24. The van der Waals surface area contributed by atoms with Gasteiger partial charge in [-0.15, -0.1) is 0 Å². The molecule has 2 fully saturated rings. The first-order valence-electron chi connectivity index (χ1n) is 5.16. The highest BCUT2D eigenvalue weighted by atomic mass is 35.5. The molecule has 76 valence electrons. The average Bonchev–Trinajstić information content (AvgIpc) is 2.70. The van der Waals surface area contributed by atoms with Gasteiger partial charge in [-0.25, -0.2) is 6.57 Å². The molecule has 1 aromatic carbocycles. The fraction of sp³-hybridized carbons (Fsp3) is 0.417. The average molecular weight is 219 g/mol. The van der Waals surface area contributed by atoms with E-state index in [2.05, 4.69) is 15.8 Å². The third kappa shape index (κ3) is 1.39. The highest BCUT2D eigenvalue weighted by molar-refractivity contribution is 6.30. The Bertz CT molecular complexity index is 425. The summed E-state index contributed by atoms with van der Waals surface area (Å²) in [5, 5.41) is 0.787. The number of hydrogen-bond acceptors (Lipinski definition) is 1. The highest BCUT2D eigenvalue weighted by Gasteiger charge is 2.62. The SMILES string of the molecule is [C-]#[N+]C1[C@H]2CN(c3cccc(Cl)c3)C[C@@H]12. The number of nitrogens with zero attached hydrogens (tertiary/aromatic N) is 2. The second-order valence-corrected chi connectivity index (χ2v) is 4.77. The van der Waals surface area contributed by atoms with Crippen molar-refractivity contribution in [2.75, 3.05) is 18.0 Å². The molecule has 3 heteroatoms. The van der Waals surface area contributed by atoms with Gasteiger partial charge in [-0.2, -0.15) is 0 Å². The van der Waals surface area contributed by atoms with Crippen LogP contribution in [0.1, 0.15) is 0 Å². The van der Waals surface area contributed by atoms with Gasteiger partial charge in [0, 0.05) is 23.8 Å². The lowest BCUT2D eigenvalue weighted by atomic mass is 10.2. The van der Waals surface area contributed by atoms with E-state index in [0.717, 1.165) is 18.1 Å². The smallest absolute Gasteiger partial charge is 0.233 e. The molecule has 0 radical (unpaired) electrons. The third-order valence-corrected chi connectivity index (χ3v) is 3.71. The Morgan fingerprint density at radius 1 is 1.33 bits per heavy atom. The minimum absolute atomic E-state index is 0.306. The molecule has 1 unspecified atom stereocenters. The first kappa shape index (κ1) is 9.06. The molecule has 3 rings (SSSR count). The van der Waals surface area contributed by atoms with E-state index in [-0.39, 0.29) is 0 Å². The maximum Gasteiger partial charge on any atom is 0.233 e. The molecular weight excluding hydrogens is 208 g/mol. The summed E-state index contributed by atoms with van der Waals surface area (Å²) in [5.41, 5.74) is 1.19. The monoisotopic (exact) mass is 218 g/mol. The molecule has 3 atom stereocenters. The van der Waals surface area contributed by atoms with Gasteiger partial charge in [0.15, 0.2) is 0 Å². The van der Waals surface area contributed by atoms with Gasteiger partial charge >= 0.3 is 0 Å². The Hall–Kier alpha value is -1.20. The third-order valence-electron chi connectivity index (χ3n) is 3.47. The van der Waals surface area contributed by atoms with Crippen LogP contribution in [0.3, 0.4) is 0 Å². The summed E-state index contributed by atoms with van der Waals surface area (Å²) in [6.45, 7) is 9.06. The van der Waals surface area contributed by atoms with Gasteiger partial charge in [0.25, 0.3) is 0 Å². The van der Waals surface area contributed by atoms with Crippen LogP contribution < -0.4 is 4.90 Å². The molecular formula is C12H11ClN2. The molecule has 1 saturated heterocycles. The molecule has 1 aliphatic heterocycles. The second kappa shape index (κ2) is 3.15. The predicted molar refractivity (Wildman–Crippen MR) is 61.0 cm³/mol. The Morgan fingerprint density at radius 3 is 2.67 bits per heavy atom. The molecule has 1 saturated carbocycles. The number of fused-ring (bicyclic) bond motifs is 1. The first-order chi connectivity index (χ1) is 7.29. The van der Waals surface area contributed by atoms with E-state index >= 15 is 0 Å². The number of halogens is 1. The van der Waals surface area contributed by atoms with E-state index < -0.39 is 0 Å². The summed E-state index contributed by atoms with van der Waals surface area (Å²) in [6.07, 6.45) is 0. The highest BCUT2D eigenvalue weighted by Crippen LogP contribution is 2.49. The maximum atomic E-state index is 7.01. The van der Waals surface area contributed by atoms with E-state index in [4.69, 9.17) is 18.2 Å². The van der Waals surface area contributed by atoms with Gasteiger partial charge < -0.3 is 9.74 Å². The van der Waals surface area contributed by atoms with Crippen molar-refractivity contribution in [1.29, 1.82) is 0 Å². The number of rotatable bonds is 1. The Labute approximate surface area is 94.3 Å². The minimum Gasteiger partial charge on any atom is -0.370 e. The molecule has 0 bridgehead atoms. The van der Waals surface area contributed by atoms with E-state index in [0.29, 0.717) is 17.9 Å². The van der Waals surface area contributed by atoms with Crippen LogP contribution in [0.4, 0.5) is 5.69 Å². The van der Waals surface area contributed by atoms with Gasteiger partial charge in [-0.05, 0) is 18.2 Å². The molecule has 1 heterocycles. The van der Waals surface area contributed by atoms with Crippen LogP contribution in [0, 0.1) is 18.4 Å². The molecule has 2 aliphatic rings. The molecule has 2 nitrogen and oxygen atoms in total. The van der Waals surface area contributed by atoms with E-state index in [9.17, 15) is 0 Å². The Kier molecular flexibility index (Phi) is 1.90. The van der Waals surface area contributed by atoms with Crippen molar-refractivity contribution in [3.8, 4) is 0 Å². The Balaban J connectivity index is 1.75. The predicted octanol–water partition coefficient (Wildman–Crippen LogP) is 2.69. The van der Waals surface area contributed by atoms with Gasteiger partial charge in [0.1, 0.15) is 0 Å². The summed E-state index contributed by atoms with van der Waals surface area (Å²) in [4.78, 5) is 5.96. The standard InChI is InChI=1S/C12H11ClN2/c1-14-12-10-6-15(7-11(10)12)9-4-2-3-8(13)5-9/h2-5,10-12H,6-7H2/t10-,11+,12?. The van der Waals surface area contributed by atoms with Crippen molar-refractivity contribution in [3.05, 3.63) is 40.7 Å². The number of anilines is 1. The van der Waals surface area contributed by atoms with Crippen LogP contribution in [0.15, 0.2) is 24.3 Å². The van der Waals surface area contributed by atoms with E-state index in [1.165, 1.54) is 5.69 Å². The van der Waals surface area contributed by atoms with Crippen molar-refractivity contribution in [2.45, 2.75) is 6.04 Å². The lowest BCUT2D eigenvalue weighted by Gasteiger charge is -2.20. The van der Waals surface area contributed by atoms with Crippen LogP contribution >= 0.6 is 11.6 Å².